The van der Waals surface area contributed by atoms with E-state index in [0.717, 1.165) is 6.42 Å². The number of rotatable bonds is 1. The van der Waals surface area contributed by atoms with E-state index in [0.29, 0.717) is 0 Å². The molecule has 3 heterocycles. The number of hydrogen-bond acceptors (Lipinski definition) is 1. The van der Waals surface area contributed by atoms with Crippen LogP contribution in [0.15, 0.2) is 140 Å². The van der Waals surface area contributed by atoms with E-state index >= 15 is 0 Å². The summed E-state index contributed by atoms with van der Waals surface area (Å²) in [6, 6.07) is 49.7. The molecule has 2 heteroatoms. The fourth-order valence-electron chi connectivity index (χ4n) is 7.98. The normalized spacial score (nSPS) is 16.5. The van der Waals surface area contributed by atoms with Crippen LogP contribution in [0.5, 0.6) is 0 Å². The van der Waals surface area contributed by atoms with Crippen LogP contribution in [0.3, 0.4) is 0 Å². The Hall–Kier alpha value is -5.18. The quantitative estimate of drug-likeness (QED) is 0.179. The summed E-state index contributed by atoms with van der Waals surface area (Å²) >= 11 is 1.95. The van der Waals surface area contributed by atoms with Crippen LogP contribution in [0, 0.1) is 0 Å². The first-order chi connectivity index (χ1) is 22.2. The van der Waals surface area contributed by atoms with Gasteiger partial charge >= 0.3 is 0 Å². The van der Waals surface area contributed by atoms with Gasteiger partial charge in [0.05, 0.1) is 16.6 Å². The lowest BCUT2D eigenvalue weighted by molar-refractivity contribution is 0.594. The summed E-state index contributed by atoms with van der Waals surface area (Å²) in [4.78, 5) is 1.48. The lowest BCUT2D eigenvalue weighted by Gasteiger charge is -2.30. The fraction of sp³-hybridized carbons (Fsp3) is 0.0698. The number of benzene rings is 6. The highest BCUT2D eigenvalue weighted by molar-refractivity contribution is 7.19. The molecule has 0 aliphatic heterocycles. The first-order valence-electron chi connectivity index (χ1n) is 15.7. The molecule has 1 unspecified atom stereocenters. The fourth-order valence-corrected chi connectivity index (χ4v) is 9.34. The number of hydrogen-bond donors (Lipinski definition) is 0. The first kappa shape index (κ1) is 25.2. The summed E-state index contributed by atoms with van der Waals surface area (Å²) in [5, 5.41) is 11.6. The molecule has 212 valence electrons. The molecule has 9 aromatic rings. The second-order valence-corrected chi connectivity index (χ2v) is 13.9. The zero-order valence-electron chi connectivity index (χ0n) is 24.9. The summed E-state index contributed by atoms with van der Waals surface area (Å²) in [5.41, 5.74) is 6.43. The number of nitrogens with zero attached hydrogens (tertiary/aromatic N) is 1. The number of fused-ring (bicyclic) bond motifs is 13. The molecule has 1 aliphatic carbocycles. The molecule has 0 radical (unpaired) electrons. The van der Waals surface area contributed by atoms with Crippen LogP contribution >= 0.6 is 11.3 Å². The average molecular weight is 592 g/mol. The zero-order chi connectivity index (χ0) is 29.7. The van der Waals surface area contributed by atoms with E-state index in [9.17, 15) is 0 Å². The number of para-hydroxylation sites is 2. The Balaban J connectivity index is 1.34. The van der Waals surface area contributed by atoms with E-state index in [1.165, 1.54) is 85.7 Å². The van der Waals surface area contributed by atoms with Gasteiger partial charge in [-0.3, -0.25) is 0 Å². The summed E-state index contributed by atoms with van der Waals surface area (Å²) < 4.78 is 3.91. The highest BCUT2D eigenvalue weighted by Crippen LogP contribution is 2.45. The van der Waals surface area contributed by atoms with Crippen LogP contribution < -0.4 is 0 Å². The Bertz CT molecular complexity index is 2760. The maximum atomic E-state index is 2.53. The summed E-state index contributed by atoms with van der Waals surface area (Å²) in [6.07, 6.45) is 5.83. The van der Waals surface area contributed by atoms with Gasteiger partial charge in [-0.05, 0) is 68.7 Å². The van der Waals surface area contributed by atoms with Crippen LogP contribution in [0.2, 0.25) is 0 Å². The third-order valence-electron chi connectivity index (χ3n) is 10.2. The molecule has 0 amide bonds. The van der Waals surface area contributed by atoms with Crippen LogP contribution in [0.25, 0.3) is 75.8 Å². The van der Waals surface area contributed by atoms with Gasteiger partial charge in [-0.15, -0.1) is 11.3 Å². The molecule has 0 fully saturated rings. The molecule has 1 nitrogen and oxygen atoms in total. The van der Waals surface area contributed by atoms with Crippen LogP contribution in [-0.2, 0) is 11.8 Å². The van der Waals surface area contributed by atoms with Gasteiger partial charge in [0.25, 0.3) is 0 Å². The van der Waals surface area contributed by atoms with E-state index in [1.807, 2.05) is 11.3 Å². The first-order valence-corrected chi connectivity index (χ1v) is 16.6. The second kappa shape index (κ2) is 9.17. The number of aromatic nitrogens is 1. The van der Waals surface area contributed by atoms with Crippen molar-refractivity contribution in [3.63, 3.8) is 0 Å². The minimum atomic E-state index is -0.0804. The SMILES string of the molecule is CC1(c2ccc3c(c2)c2cccc4c5ccccc5c5ccccc5c5ccccc5n3c42)C=Cc2c(sc3ccccc23)C1. The van der Waals surface area contributed by atoms with Gasteiger partial charge in [0, 0.05) is 36.5 Å². The molecule has 0 N–H and O–H groups in total. The van der Waals surface area contributed by atoms with Crippen LogP contribution in [-0.4, -0.2) is 4.40 Å². The van der Waals surface area contributed by atoms with Gasteiger partial charge in [0.2, 0.25) is 0 Å². The van der Waals surface area contributed by atoms with E-state index in [2.05, 4.69) is 157 Å². The molecule has 0 saturated heterocycles. The zero-order valence-corrected chi connectivity index (χ0v) is 25.7. The molecular formula is C43H29NS. The molecule has 45 heavy (non-hydrogen) atoms. The molecule has 1 atom stereocenters. The average Bonchev–Trinajstić information content (AvgIpc) is 3.63. The topological polar surface area (TPSA) is 4.41 Å². The van der Waals surface area contributed by atoms with Gasteiger partial charge in [-0.25, -0.2) is 0 Å². The molecular weight excluding hydrogens is 563 g/mol. The molecule has 10 rings (SSSR count). The third kappa shape index (κ3) is 3.49. The van der Waals surface area contributed by atoms with E-state index in [1.54, 1.807) is 0 Å². The van der Waals surface area contributed by atoms with Gasteiger partial charge in [0.15, 0.2) is 0 Å². The molecule has 1 aliphatic rings. The van der Waals surface area contributed by atoms with Crippen LogP contribution in [0.1, 0.15) is 22.9 Å². The highest BCUT2D eigenvalue weighted by atomic mass is 32.1. The molecule has 6 aromatic carbocycles. The monoisotopic (exact) mass is 591 g/mol. The summed E-state index contributed by atoms with van der Waals surface area (Å²) in [6.45, 7) is 2.41. The second-order valence-electron chi connectivity index (χ2n) is 12.7. The maximum Gasteiger partial charge on any atom is 0.0619 e. The van der Waals surface area contributed by atoms with Gasteiger partial charge in [0.1, 0.15) is 0 Å². The summed E-state index contributed by atoms with van der Waals surface area (Å²) in [5.74, 6) is 0. The van der Waals surface area contributed by atoms with E-state index in [-0.39, 0.29) is 5.41 Å². The van der Waals surface area contributed by atoms with Gasteiger partial charge in [-0.1, -0.05) is 128 Å². The maximum absolute atomic E-state index is 2.53. The van der Waals surface area contributed by atoms with Crippen molar-refractivity contribution in [2.75, 3.05) is 0 Å². The van der Waals surface area contributed by atoms with Crippen molar-refractivity contribution in [2.24, 2.45) is 0 Å². The highest BCUT2D eigenvalue weighted by Gasteiger charge is 2.30. The van der Waals surface area contributed by atoms with Crippen molar-refractivity contribution in [3.05, 3.63) is 156 Å². The van der Waals surface area contributed by atoms with Crippen LogP contribution in [0.4, 0.5) is 0 Å². The third-order valence-corrected chi connectivity index (χ3v) is 11.4. The number of thiophene rings is 1. The Kier molecular flexibility index (Phi) is 5.13. The standard InChI is InChI=1S/C43H29NS/c1-43(24-23-34-33-16-7-9-20-40(33)45-41(34)26-43)27-21-22-39-37(25-27)36-18-10-17-35-31-14-5-3-12-29(31)28-11-2-4-13-30(28)32-15-6-8-19-38(32)44(39)42(35)36/h2-25H,26H2,1H3. The van der Waals surface area contributed by atoms with Crippen molar-refractivity contribution < 1.29 is 0 Å². The Morgan fingerprint density at radius 1 is 0.533 bits per heavy atom. The van der Waals surface area contributed by atoms with Gasteiger partial charge < -0.3 is 4.40 Å². The van der Waals surface area contributed by atoms with Gasteiger partial charge in [-0.2, -0.15) is 0 Å². The molecule has 0 saturated carbocycles. The minimum absolute atomic E-state index is 0.0804. The van der Waals surface area contributed by atoms with Crippen molar-refractivity contribution in [1.29, 1.82) is 0 Å². The van der Waals surface area contributed by atoms with Crippen molar-refractivity contribution in [2.45, 2.75) is 18.8 Å². The smallest absolute Gasteiger partial charge is 0.0619 e. The van der Waals surface area contributed by atoms with Crippen molar-refractivity contribution in [3.8, 4) is 0 Å². The lowest BCUT2D eigenvalue weighted by atomic mass is 9.75. The Morgan fingerprint density at radius 3 is 1.84 bits per heavy atom. The van der Waals surface area contributed by atoms with Crippen molar-refractivity contribution in [1.82, 2.24) is 4.40 Å². The molecule has 0 spiro atoms. The Labute approximate surface area is 264 Å². The molecule has 3 aromatic heterocycles. The number of allylic oxidation sites excluding steroid dienone is 1. The predicted octanol–water partition coefficient (Wildman–Crippen LogP) is 12.0. The summed E-state index contributed by atoms with van der Waals surface area (Å²) in [7, 11) is 0. The minimum Gasteiger partial charge on any atom is -0.308 e. The van der Waals surface area contributed by atoms with E-state index < -0.39 is 0 Å². The Morgan fingerprint density at radius 2 is 1.09 bits per heavy atom. The predicted molar refractivity (Wildman–Crippen MR) is 196 cm³/mol. The lowest BCUT2D eigenvalue weighted by Crippen LogP contribution is -2.24. The largest absolute Gasteiger partial charge is 0.308 e. The molecule has 0 bridgehead atoms. The van der Waals surface area contributed by atoms with E-state index in [4.69, 9.17) is 0 Å². The van der Waals surface area contributed by atoms with Crippen molar-refractivity contribution >= 4 is 87.1 Å².